The minimum absolute atomic E-state index is 0.194. The number of carbonyl (C=O) groups excluding carboxylic acids is 1. The summed E-state index contributed by atoms with van der Waals surface area (Å²) in [5.41, 5.74) is -1.03. The topological polar surface area (TPSA) is 60.9 Å². The van der Waals surface area contributed by atoms with Gasteiger partial charge in [-0.3, -0.25) is 0 Å². The highest BCUT2D eigenvalue weighted by Crippen LogP contribution is 2.33. The van der Waals surface area contributed by atoms with Crippen LogP contribution in [0.25, 0.3) is 0 Å². The van der Waals surface area contributed by atoms with Gasteiger partial charge in [0.15, 0.2) is 0 Å². The predicted molar refractivity (Wildman–Crippen MR) is 77.8 cm³/mol. The molecule has 6 heteroatoms. The van der Waals surface area contributed by atoms with Crippen LogP contribution in [0.5, 0.6) is 0 Å². The average molecular weight is 296 g/mol. The zero-order valence-corrected chi connectivity index (χ0v) is 12.7. The van der Waals surface area contributed by atoms with E-state index in [4.69, 9.17) is 0 Å². The van der Waals surface area contributed by atoms with Gasteiger partial charge in [0.25, 0.3) is 0 Å². The highest BCUT2D eigenvalue weighted by molar-refractivity contribution is 7.09. The van der Waals surface area contributed by atoms with Crippen molar-refractivity contribution in [1.29, 1.82) is 0 Å². The largest absolute Gasteiger partial charge is 0.479 e. The lowest BCUT2D eigenvalue weighted by molar-refractivity contribution is -0.148. The van der Waals surface area contributed by atoms with Gasteiger partial charge in [-0.25, -0.2) is 9.59 Å². The molecule has 1 aromatic rings. The normalized spacial score (nSPS) is 22.0. The van der Waals surface area contributed by atoms with Crippen molar-refractivity contribution in [2.75, 3.05) is 13.6 Å². The summed E-state index contributed by atoms with van der Waals surface area (Å²) in [4.78, 5) is 28.4. The summed E-state index contributed by atoms with van der Waals surface area (Å²) in [6.07, 6.45) is 1.73. The van der Waals surface area contributed by atoms with Crippen LogP contribution in [0.15, 0.2) is 17.5 Å². The van der Waals surface area contributed by atoms with Gasteiger partial charge in [-0.05, 0) is 30.7 Å². The Morgan fingerprint density at radius 1 is 1.55 bits per heavy atom. The van der Waals surface area contributed by atoms with E-state index in [2.05, 4.69) is 0 Å². The number of aliphatic carboxylic acids is 1. The molecule has 1 atom stereocenters. The summed E-state index contributed by atoms with van der Waals surface area (Å²) in [6, 6.07) is 3.73. The Hall–Kier alpha value is -1.56. The molecule has 2 amide bonds. The number of carboxylic acid groups (broad SMARTS) is 1. The molecular weight excluding hydrogens is 276 g/mol. The number of thiophene rings is 1. The SMILES string of the molecule is CCC1(C(=O)O)CCCN1C(=O)N(C)Cc1cccs1. The molecule has 20 heavy (non-hydrogen) atoms. The molecule has 0 spiro atoms. The smallest absolute Gasteiger partial charge is 0.329 e. The zero-order valence-electron chi connectivity index (χ0n) is 11.8. The summed E-state index contributed by atoms with van der Waals surface area (Å²) >= 11 is 1.59. The monoisotopic (exact) mass is 296 g/mol. The average Bonchev–Trinajstić information content (AvgIpc) is 3.06. The number of urea groups is 1. The number of hydrogen-bond donors (Lipinski definition) is 1. The second-order valence-electron chi connectivity index (χ2n) is 5.16. The second kappa shape index (κ2) is 5.83. The van der Waals surface area contributed by atoms with Crippen LogP contribution >= 0.6 is 11.3 Å². The van der Waals surface area contributed by atoms with Gasteiger partial charge in [-0.1, -0.05) is 13.0 Å². The molecule has 1 N–H and O–H groups in total. The summed E-state index contributed by atoms with van der Waals surface area (Å²) in [5, 5.41) is 11.5. The molecule has 0 saturated carbocycles. The van der Waals surface area contributed by atoms with Gasteiger partial charge in [0.1, 0.15) is 5.54 Å². The van der Waals surface area contributed by atoms with E-state index in [0.29, 0.717) is 25.9 Å². The minimum Gasteiger partial charge on any atom is -0.479 e. The lowest BCUT2D eigenvalue weighted by Crippen LogP contribution is -2.55. The molecule has 110 valence electrons. The van der Waals surface area contributed by atoms with Crippen LogP contribution < -0.4 is 0 Å². The number of hydrogen-bond acceptors (Lipinski definition) is 3. The van der Waals surface area contributed by atoms with Crippen molar-refractivity contribution in [3.05, 3.63) is 22.4 Å². The standard InChI is InChI=1S/C14H20N2O3S/c1-3-14(12(17)18)7-5-8-16(14)13(19)15(2)10-11-6-4-9-20-11/h4,6,9H,3,5,7-8,10H2,1-2H3,(H,17,18). The molecule has 1 unspecified atom stereocenters. The Labute approximate surface area is 122 Å². The first-order valence-corrected chi connectivity index (χ1v) is 7.67. The maximum atomic E-state index is 12.5. The third kappa shape index (κ3) is 2.52. The van der Waals surface area contributed by atoms with Gasteiger partial charge in [-0.15, -0.1) is 11.3 Å². The summed E-state index contributed by atoms with van der Waals surface area (Å²) in [6.45, 7) is 2.87. The lowest BCUT2D eigenvalue weighted by Gasteiger charge is -2.36. The third-order valence-corrected chi connectivity index (χ3v) is 4.86. The van der Waals surface area contributed by atoms with E-state index >= 15 is 0 Å². The molecular formula is C14H20N2O3S. The first kappa shape index (κ1) is 14.8. The molecule has 0 radical (unpaired) electrons. The fourth-order valence-corrected chi connectivity index (χ4v) is 3.57. The van der Waals surface area contributed by atoms with Crippen LogP contribution in [0.4, 0.5) is 4.79 Å². The number of amides is 2. The van der Waals surface area contributed by atoms with Gasteiger partial charge in [-0.2, -0.15) is 0 Å². The van der Waals surface area contributed by atoms with Crippen molar-refractivity contribution < 1.29 is 14.7 Å². The van der Waals surface area contributed by atoms with E-state index in [9.17, 15) is 14.7 Å². The van der Waals surface area contributed by atoms with Crippen LogP contribution in [0.2, 0.25) is 0 Å². The fourth-order valence-electron chi connectivity index (χ4n) is 2.81. The Bertz CT molecular complexity index is 489. The Balaban J connectivity index is 2.13. The molecule has 1 fully saturated rings. The molecule has 1 aliphatic rings. The molecule has 1 aromatic heterocycles. The van der Waals surface area contributed by atoms with Gasteiger partial charge in [0, 0.05) is 18.5 Å². The number of nitrogens with zero attached hydrogens (tertiary/aromatic N) is 2. The molecule has 2 heterocycles. The van der Waals surface area contributed by atoms with E-state index in [0.717, 1.165) is 11.3 Å². The van der Waals surface area contributed by atoms with Crippen molar-refractivity contribution >= 4 is 23.3 Å². The maximum absolute atomic E-state index is 12.5. The predicted octanol–water partition coefficient (Wildman–Crippen LogP) is 2.63. The van der Waals surface area contributed by atoms with Gasteiger partial charge in [0.05, 0.1) is 6.54 Å². The summed E-state index contributed by atoms with van der Waals surface area (Å²) in [7, 11) is 1.72. The third-order valence-electron chi connectivity index (χ3n) is 4.00. The van der Waals surface area contributed by atoms with Crippen molar-refractivity contribution in [2.24, 2.45) is 0 Å². The van der Waals surface area contributed by atoms with E-state index < -0.39 is 11.5 Å². The van der Waals surface area contributed by atoms with Crippen LogP contribution in [-0.4, -0.2) is 46.0 Å². The molecule has 0 aliphatic carbocycles. The molecule has 2 rings (SSSR count). The summed E-state index contributed by atoms with van der Waals surface area (Å²) in [5.74, 6) is -0.893. The number of carbonyl (C=O) groups is 2. The van der Waals surface area contributed by atoms with Crippen LogP contribution in [-0.2, 0) is 11.3 Å². The molecule has 0 aromatic carbocycles. The summed E-state index contributed by atoms with van der Waals surface area (Å²) < 4.78 is 0. The Kier molecular flexibility index (Phi) is 4.32. The highest BCUT2D eigenvalue weighted by atomic mass is 32.1. The van der Waals surface area contributed by atoms with E-state index in [1.165, 1.54) is 4.90 Å². The number of likely N-dealkylation sites (tertiary alicyclic amines) is 1. The Morgan fingerprint density at radius 3 is 2.85 bits per heavy atom. The molecule has 0 bridgehead atoms. The van der Waals surface area contributed by atoms with Crippen molar-refractivity contribution in [2.45, 2.75) is 38.3 Å². The number of carboxylic acids is 1. The molecule has 5 nitrogen and oxygen atoms in total. The van der Waals surface area contributed by atoms with E-state index in [1.807, 2.05) is 24.4 Å². The zero-order chi connectivity index (χ0) is 14.8. The lowest BCUT2D eigenvalue weighted by atomic mass is 9.93. The minimum atomic E-state index is -1.03. The van der Waals surface area contributed by atoms with Crippen molar-refractivity contribution in [3.63, 3.8) is 0 Å². The second-order valence-corrected chi connectivity index (χ2v) is 6.20. The fraction of sp³-hybridized carbons (Fsp3) is 0.571. The van der Waals surface area contributed by atoms with Gasteiger partial charge < -0.3 is 14.9 Å². The van der Waals surface area contributed by atoms with Crippen molar-refractivity contribution in [1.82, 2.24) is 9.80 Å². The first-order chi connectivity index (χ1) is 9.51. The van der Waals surface area contributed by atoms with Crippen LogP contribution in [0.1, 0.15) is 31.1 Å². The highest BCUT2D eigenvalue weighted by Gasteiger charge is 2.49. The van der Waals surface area contributed by atoms with Gasteiger partial charge in [0.2, 0.25) is 0 Å². The van der Waals surface area contributed by atoms with Crippen LogP contribution in [0.3, 0.4) is 0 Å². The van der Waals surface area contributed by atoms with Crippen molar-refractivity contribution in [3.8, 4) is 0 Å². The van der Waals surface area contributed by atoms with Gasteiger partial charge >= 0.3 is 12.0 Å². The Morgan fingerprint density at radius 2 is 2.30 bits per heavy atom. The quantitative estimate of drug-likeness (QED) is 0.929. The maximum Gasteiger partial charge on any atom is 0.329 e. The molecule has 1 aliphatic heterocycles. The van der Waals surface area contributed by atoms with E-state index in [1.54, 1.807) is 23.3 Å². The first-order valence-electron chi connectivity index (χ1n) is 6.80. The van der Waals surface area contributed by atoms with Crippen LogP contribution in [0, 0.1) is 0 Å². The number of rotatable bonds is 4. The van der Waals surface area contributed by atoms with E-state index in [-0.39, 0.29) is 6.03 Å². The molecule has 1 saturated heterocycles.